The summed E-state index contributed by atoms with van der Waals surface area (Å²) < 4.78 is 0. The van der Waals surface area contributed by atoms with Gasteiger partial charge < -0.3 is 14.4 Å². The van der Waals surface area contributed by atoms with Gasteiger partial charge in [-0.15, -0.1) is 11.4 Å². The van der Waals surface area contributed by atoms with Gasteiger partial charge >= 0.3 is 0 Å². The third kappa shape index (κ3) is 12.8. The van der Waals surface area contributed by atoms with Gasteiger partial charge in [-0.05, 0) is 0 Å². The number of hydrogen-bond acceptors (Lipinski definition) is 3. The van der Waals surface area contributed by atoms with Crippen LogP contribution in [0.15, 0.2) is 0 Å². The maximum Gasteiger partial charge on any atom is 0.106 e. The van der Waals surface area contributed by atoms with Crippen LogP contribution in [0.5, 0.6) is 0 Å². The fourth-order valence-corrected chi connectivity index (χ4v) is 0.995. The molecule has 2 rings (SSSR count). The summed E-state index contributed by atoms with van der Waals surface area (Å²) in [6, 6.07) is 0. The Morgan fingerprint density at radius 2 is 0.833 bits per heavy atom. The molecule has 0 aromatic carbocycles. The molecule has 0 bridgehead atoms. The Hall–Kier alpha value is 0.384. The van der Waals surface area contributed by atoms with Crippen LogP contribution in [0.3, 0.4) is 0 Å². The SMILES string of the molecule is C=O.C=O.C=O.[B]1[B][B][B][B][C]2[B][C]2[B][B][B]1.[Te]. The van der Waals surface area contributed by atoms with Crippen molar-refractivity contribution in [3.05, 3.63) is 11.4 Å². The average Bonchev–Trinajstić information content (AvgIpc) is 3.20. The van der Waals surface area contributed by atoms with Gasteiger partial charge in [0.1, 0.15) is 20.4 Å². The predicted molar refractivity (Wildman–Crippen MR) is 85.4 cm³/mol. The van der Waals surface area contributed by atoms with E-state index in [-0.39, 0.29) is 23.7 Å². The first-order valence-electron chi connectivity index (χ1n) is 4.60. The topological polar surface area (TPSA) is 51.2 Å². The molecule has 0 atom stereocenters. The largest absolute Gasteiger partial charge is 0.307 e. The monoisotopic (exact) mass is 343 g/mol. The molecule has 0 unspecified atom stereocenters. The molecular weight excluding hydrogens is 333 g/mol. The Labute approximate surface area is 133 Å². The van der Waals surface area contributed by atoms with Gasteiger partial charge in [0.2, 0.25) is 0 Å². The number of hydrogen-bond donors (Lipinski definition) is 0. The first-order chi connectivity index (χ1) is 8.47. The molecule has 2 heterocycles. The van der Waals surface area contributed by atoms with Crippen LogP contribution >= 0.6 is 0 Å². The predicted octanol–water partition coefficient (Wildman–Crippen LogP) is -4.20. The molecule has 2 aliphatic rings. The van der Waals surface area contributed by atoms with E-state index in [1.165, 1.54) is 11.4 Å². The fraction of sp³-hybridized carbons (Fsp3) is 0. The maximum absolute atomic E-state index is 8.00. The smallest absolute Gasteiger partial charge is 0.106 e. The quantitative estimate of drug-likeness (QED) is 0.421. The van der Waals surface area contributed by atoms with Crippen LogP contribution in [-0.2, 0) is 14.4 Å². The van der Waals surface area contributed by atoms with Crippen molar-refractivity contribution in [3.8, 4) is 0 Å². The molecule has 2 fully saturated rings. The zero-order valence-electron chi connectivity index (χ0n) is 9.95. The van der Waals surface area contributed by atoms with Crippen molar-refractivity contribution in [1.82, 2.24) is 0 Å². The number of carbonyl (C=O) groups is 3. The van der Waals surface area contributed by atoms with E-state index in [2.05, 4.69) is 35.7 Å². The Morgan fingerprint density at radius 1 is 0.556 bits per heavy atom. The van der Waals surface area contributed by atoms with E-state index in [1.807, 2.05) is 48.6 Å². The van der Waals surface area contributed by atoms with Gasteiger partial charge in [0.25, 0.3) is 0 Å². The summed E-state index contributed by atoms with van der Waals surface area (Å²) in [7, 11) is 18.6. The molecule has 0 aromatic rings. The van der Waals surface area contributed by atoms with Crippen LogP contribution in [-0.4, -0.2) is 108 Å². The molecule has 0 spiro atoms. The summed E-state index contributed by atoms with van der Waals surface area (Å²) in [5, 5.41) is 0. The van der Waals surface area contributed by atoms with Crippen LogP contribution < -0.4 is 0 Å². The van der Waals surface area contributed by atoms with Crippen molar-refractivity contribution in [1.29, 1.82) is 0 Å². The van der Waals surface area contributed by atoms with Crippen LogP contribution in [0.25, 0.3) is 0 Å². The van der Waals surface area contributed by atoms with E-state index >= 15 is 0 Å². The van der Waals surface area contributed by atoms with Crippen LogP contribution in [0.1, 0.15) is 0 Å². The van der Waals surface area contributed by atoms with Gasteiger partial charge in [0.15, 0.2) is 0 Å². The molecule has 0 aromatic heterocycles. The summed E-state index contributed by atoms with van der Waals surface area (Å²) in [6.07, 6.45) is 0. The first-order valence-corrected chi connectivity index (χ1v) is 4.60. The fourth-order valence-electron chi connectivity index (χ4n) is 0.995. The van der Waals surface area contributed by atoms with Crippen molar-refractivity contribution in [2.75, 3.05) is 0 Å². The molecule has 0 aliphatic carbocycles. The molecule has 13 radical (unpaired) electrons. The maximum atomic E-state index is 8.00. The number of rotatable bonds is 0. The third-order valence-electron chi connectivity index (χ3n) is 1.67. The Kier molecular flexibility index (Phi) is 25.7. The molecule has 77 valence electrons. The van der Waals surface area contributed by atoms with E-state index in [1.54, 1.807) is 0 Å². The minimum Gasteiger partial charge on any atom is -0.307 e. The van der Waals surface area contributed by atoms with Crippen molar-refractivity contribution < 1.29 is 14.4 Å². The van der Waals surface area contributed by atoms with Crippen molar-refractivity contribution >= 4 is 108 Å². The van der Waals surface area contributed by atoms with E-state index < -0.39 is 0 Å². The summed E-state index contributed by atoms with van der Waals surface area (Å²) in [5.74, 6) is 0. The molecule has 0 saturated carbocycles. The average molecular weight is 339 g/mol. The molecule has 3 nitrogen and oxygen atoms in total. The molecule has 18 heavy (non-hydrogen) atoms. The van der Waals surface area contributed by atoms with Crippen LogP contribution in [0.2, 0.25) is 0 Å². The summed E-state index contributed by atoms with van der Waals surface area (Å²) >= 11 is 0. The molecule has 2 saturated heterocycles. The van der Waals surface area contributed by atoms with Crippen LogP contribution in [0.4, 0.5) is 0 Å². The van der Waals surface area contributed by atoms with E-state index in [4.69, 9.17) is 14.4 Å². The second kappa shape index (κ2) is 19.7. The van der Waals surface area contributed by atoms with Gasteiger partial charge in [0.05, 0.1) is 7.28 Å². The summed E-state index contributed by atoms with van der Waals surface area (Å²) in [4.78, 5) is 24.0. The summed E-state index contributed by atoms with van der Waals surface area (Å²) in [6.45, 7) is 6.00. The Bertz CT molecular complexity index is 162. The summed E-state index contributed by atoms with van der Waals surface area (Å²) in [5.41, 5.74) is 2.70. The zero-order valence-corrected chi connectivity index (χ0v) is 12.3. The van der Waals surface area contributed by atoms with Gasteiger partial charge in [-0.2, -0.15) is 0 Å². The normalized spacial score (nSPS) is 14.7. The molecular formula is C5H6B9O3Te. The van der Waals surface area contributed by atoms with Gasteiger partial charge in [0, 0.05) is 80.4 Å². The minimum absolute atomic E-state index is 0. The Morgan fingerprint density at radius 3 is 1.17 bits per heavy atom. The first kappa shape index (κ1) is 23.5. The molecule has 2 aliphatic heterocycles. The Balaban J connectivity index is -0.000000285. The van der Waals surface area contributed by atoms with Crippen molar-refractivity contribution in [2.24, 2.45) is 0 Å². The second-order valence-electron chi connectivity index (χ2n) is 2.54. The van der Waals surface area contributed by atoms with Gasteiger partial charge in [-0.3, -0.25) is 0 Å². The van der Waals surface area contributed by atoms with E-state index in [0.717, 1.165) is 0 Å². The second-order valence-corrected chi connectivity index (χ2v) is 2.54. The number of carbonyl (C=O) groups excluding carboxylic acids is 3. The van der Waals surface area contributed by atoms with E-state index in [9.17, 15) is 0 Å². The van der Waals surface area contributed by atoms with Gasteiger partial charge in [-0.25, -0.2) is 0 Å². The van der Waals surface area contributed by atoms with E-state index in [0.29, 0.717) is 0 Å². The zero-order chi connectivity index (χ0) is 13.5. The molecule has 0 N–H and O–H groups in total. The molecule has 0 amide bonds. The van der Waals surface area contributed by atoms with Gasteiger partial charge in [-0.1, -0.05) is 0 Å². The van der Waals surface area contributed by atoms with Crippen LogP contribution in [0, 0.1) is 11.4 Å². The molecule has 13 heteroatoms. The minimum atomic E-state index is 0. The number of fused-ring (bicyclic) bond motifs is 1. The van der Waals surface area contributed by atoms with Crippen molar-refractivity contribution in [3.63, 3.8) is 0 Å². The third-order valence-corrected chi connectivity index (χ3v) is 1.67. The standard InChI is InChI=1S/C2B9.3CH2O.Te/c3-1-2(3)5-7-9-11-10-8-6-4-1;3*1-2;/h;3*1H2;. The van der Waals surface area contributed by atoms with Crippen molar-refractivity contribution in [2.45, 2.75) is 0 Å².